The molecule has 1 atom stereocenters. The molecule has 0 aliphatic heterocycles. The van der Waals surface area contributed by atoms with E-state index >= 15 is 0 Å². The third-order valence-corrected chi connectivity index (χ3v) is 3.36. The number of nitrogens with one attached hydrogen (secondary N) is 1. The largest absolute Gasteiger partial charge is 0.378 e. The molecule has 0 radical (unpaired) electrons. The summed E-state index contributed by atoms with van der Waals surface area (Å²) in [4.78, 5) is 11.1. The lowest BCUT2D eigenvalue weighted by Crippen LogP contribution is -2.12. The maximum absolute atomic E-state index is 13.7. The minimum atomic E-state index is -0.630. The van der Waals surface area contributed by atoms with Crippen molar-refractivity contribution in [1.29, 1.82) is 0 Å². The molecule has 0 spiro atoms. The van der Waals surface area contributed by atoms with Crippen LogP contribution in [0.5, 0.6) is 0 Å². The lowest BCUT2D eigenvalue weighted by molar-refractivity contribution is 0.100. The van der Waals surface area contributed by atoms with Crippen LogP contribution in [0.3, 0.4) is 0 Å². The zero-order valence-electron chi connectivity index (χ0n) is 11.2. The van der Waals surface area contributed by atoms with E-state index in [9.17, 15) is 13.6 Å². The second kappa shape index (κ2) is 6.10. The van der Waals surface area contributed by atoms with Crippen LogP contribution in [0.1, 0.15) is 28.9 Å². The van der Waals surface area contributed by atoms with Crippen LogP contribution >= 0.6 is 11.6 Å². The van der Waals surface area contributed by atoms with Gasteiger partial charge in [-0.3, -0.25) is 4.79 Å². The molecule has 2 aromatic rings. The van der Waals surface area contributed by atoms with E-state index in [2.05, 4.69) is 5.32 Å². The summed E-state index contributed by atoms with van der Waals surface area (Å²) in [6, 6.07) is 7.63. The number of amides is 1. The highest BCUT2D eigenvalue weighted by atomic mass is 35.5. The van der Waals surface area contributed by atoms with Gasteiger partial charge in [-0.05, 0) is 31.2 Å². The van der Waals surface area contributed by atoms with Crippen molar-refractivity contribution in [3.63, 3.8) is 0 Å². The first kappa shape index (κ1) is 15.3. The third kappa shape index (κ3) is 3.49. The van der Waals surface area contributed by atoms with Crippen molar-refractivity contribution in [2.24, 2.45) is 5.73 Å². The topological polar surface area (TPSA) is 55.1 Å². The van der Waals surface area contributed by atoms with Crippen LogP contribution in [-0.4, -0.2) is 5.91 Å². The van der Waals surface area contributed by atoms with Gasteiger partial charge in [-0.15, -0.1) is 0 Å². The number of anilines is 1. The van der Waals surface area contributed by atoms with Crippen molar-refractivity contribution in [2.75, 3.05) is 5.32 Å². The van der Waals surface area contributed by atoms with Gasteiger partial charge in [-0.2, -0.15) is 0 Å². The number of primary amides is 1. The molecule has 1 unspecified atom stereocenters. The minimum absolute atomic E-state index is 0.208. The van der Waals surface area contributed by atoms with Crippen LogP contribution < -0.4 is 11.1 Å². The number of carbonyl (C=O) groups is 1. The Kier molecular flexibility index (Phi) is 4.43. The molecule has 6 heteroatoms. The van der Waals surface area contributed by atoms with E-state index in [1.807, 2.05) is 0 Å². The Balaban J connectivity index is 2.21. The van der Waals surface area contributed by atoms with E-state index in [4.69, 9.17) is 17.3 Å². The maximum Gasteiger partial charge on any atom is 0.250 e. The van der Waals surface area contributed by atoms with Crippen LogP contribution in [0.4, 0.5) is 14.5 Å². The molecule has 3 N–H and O–H groups in total. The zero-order valence-corrected chi connectivity index (χ0v) is 11.9. The van der Waals surface area contributed by atoms with E-state index in [1.165, 1.54) is 24.3 Å². The van der Waals surface area contributed by atoms with Gasteiger partial charge in [0.15, 0.2) is 0 Å². The average molecular weight is 311 g/mol. The molecule has 0 fully saturated rings. The van der Waals surface area contributed by atoms with Gasteiger partial charge in [0.25, 0.3) is 0 Å². The van der Waals surface area contributed by atoms with Gasteiger partial charge in [0.1, 0.15) is 11.6 Å². The predicted octanol–water partition coefficient (Wildman–Crippen LogP) is 3.89. The smallest absolute Gasteiger partial charge is 0.250 e. The molecule has 3 nitrogen and oxygen atoms in total. The number of nitrogens with two attached hydrogens (primary N) is 1. The molecule has 2 aromatic carbocycles. The lowest BCUT2D eigenvalue weighted by Gasteiger charge is -2.17. The van der Waals surface area contributed by atoms with Gasteiger partial charge < -0.3 is 11.1 Å². The number of benzene rings is 2. The van der Waals surface area contributed by atoms with Gasteiger partial charge >= 0.3 is 0 Å². The molecule has 110 valence electrons. The highest BCUT2D eigenvalue weighted by molar-refractivity contribution is 6.34. The first-order valence-corrected chi connectivity index (χ1v) is 6.57. The number of hydrogen-bond donors (Lipinski definition) is 2. The summed E-state index contributed by atoms with van der Waals surface area (Å²) in [5, 5.41) is 3.23. The minimum Gasteiger partial charge on any atom is -0.378 e. The Morgan fingerprint density at radius 1 is 1.24 bits per heavy atom. The second-order valence-electron chi connectivity index (χ2n) is 4.59. The second-order valence-corrected chi connectivity index (χ2v) is 5.00. The van der Waals surface area contributed by atoms with Crippen LogP contribution in [0.15, 0.2) is 36.4 Å². The van der Waals surface area contributed by atoms with Crippen LogP contribution in [0, 0.1) is 11.6 Å². The molecule has 0 heterocycles. The molecular weight excluding hydrogens is 298 g/mol. The monoisotopic (exact) mass is 310 g/mol. The average Bonchev–Trinajstić information content (AvgIpc) is 2.37. The van der Waals surface area contributed by atoms with E-state index in [0.717, 1.165) is 6.07 Å². The van der Waals surface area contributed by atoms with Gasteiger partial charge in [0, 0.05) is 17.3 Å². The van der Waals surface area contributed by atoms with Gasteiger partial charge in [-0.25, -0.2) is 8.78 Å². The summed E-state index contributed by atoms with van der Waals surface area (Å²) in [6.45, 7) is 1.73. The SMILES string of the molecule is CC(Nc1ccc(C(N)=O)c(Cl)c1)c1ccc(F)cc1F. The molecular formula is C15H13ClF2N2O. The highest BCUT2D eigenvalue weighted by Crippen LogP contribution is 2.25. The standard InChI is InChI=1S/C15H13ClF2N2O/c1-8(11-4-2-9(17)6-14(11)18)20-10-3-5-12(15(19)21)13(16)7-10/h2-8,20H,1H3,(H2,19,21). The Bertz CT molecular complexity index is 691. The molecule has 0 aliphatic carbocycles. The normalized spacial score (nSPS) is 12.0. The van der Waals surface area contributed by atoms with E-state index in [-0.39, 0.29) is 10.6 Å². The third-order valence-electron chi connectivity index (χ3n) is 3.05. The number of hydrogen-bond acceptors (Lipinski definition) is 2. The van der Waals surface area contributed by atoms with Crippen molar-refractivity contribution in [3.8, 4) is 0 Å². The van der Waals surface area contributed by atoms with Crippen molar-refractivity contribution in [3.05, 3.63) is 64.2 Å². The lowest BCUT2D eigenvalue weighted by atomic mass is 10.1. The molecule has 0 aromatic heterocycles. The predicted molar refractivity (Wildman–Crippen MR) is 78.4 cm³/mol. The molecule has 1 amide bonds. The number of halogens is 3. The summed E-state index contributed by atoms with van der Waals surface area (Å²) in [7, 11) is 0. The fraction of sp³-hybridized carbons (Fsp3) is 0.133. The summed E-state index contributed by atoms with van der Waals surface area (Å²) in [6.07, 6.45) is 0. The molecule has 0 bridgehead atoms. The number of carbonyl (C=O) groups excluding carboxylic acids is 1. The molecule has 0 saturated heterocycles. The zero-order chi connectivity index (χ0) is 15.6. The highest BCUT2D eigenvalue weighted by Gasteiger charge is 2.13. The fourth-order valence-corrected chi connectivity index (χ4v) is 2.26. The fourth-order valence-electron chi connectivity index (χ4n) is 1.99. The molecule has 0 aliphatic rings. The van der Waals surface area contributed by atoms with Gasteiger partial charge in [0.05, 0.1) is 16.6 Å². The summed E-state index contributed by atoms with van der Waals surface area (Å²) in [5.41, 5.74) is 6.30. The van der Waals surface area contributed by atoms with Crippen LogP contribution in [0.25, 0.3) is 0 Å². The Labute approximate surface area is 125 Å². The maximum atomic E-state index is 13.7. The molecule has 0 saturated carbocycles. The van der Waals surface area contributed by atoms with Gasteiger partial charge in [-0.1, -0.05) is 17.7 Å². The Morgan fingerprint density at radius 2 is 1.95 bits per heavy atom. The quantitative estimate of drug-likeness (QED) is 0.900. The molecule has 21 heavy (non-hydrogen) atoms. The van der Waals surface area contributed by atoms with Crippen molar-refractivity contribution in [1.82, 2.24) is 0 Å². The summed E-state index contributed by atoms with van der Waals surface area (Å²) in [5.74, 6) is -1.88. The summed E-state index contributed by atoms with van der Waals surface area (Å²) < 4.78 is 26.6. The Morgan fingerprint density at radius 3 is 2.52 bits per heavy atom. The van der Waals surface area contributed by atoms with Crippen molar-refractivity contribution >= 4 is 23.2 Å². The van der Waals surface area contributed by atoms with E-state index in [1.54, 1.807) is 13.0 Å². The number of rotatable bonds is 4. The first-order valence-electron chi connectivity index (χ1n) is 6.19. The van der Waals surface area contributed by atoms with Gasteiger partial charge in [0.2, 0.25) is 5.91 Å². The van der Waals surface area contributed by atoms with Crippen LogP contribution in [-0.2, 0) is 0 Å². The van der Waals surface area contributed by atoms with E-state index < -0.39 is 23.6 Å². The first-order chi connectivity index (χ1) is 9.88. The van der Waals surface area contributed by atoms with Crippen LogP contribution in [0.2, 0.25) is 5.02 Å². The van der Waals surface area contributed by atoms with E-state index in [0.29, 0.717) is 11.3 Å². The summed E-state index contributed by atoms with van der Waals surface area (Å²) >= 11 is 5.94. The van der Waals surface area contributed by atoms with Crippen molar-refractivity contribution < 1.29 is 13.6 Å². The Hall–Kier alpha value is -2.14. The van der Waals surface area contributed by atoms with Crippen molar-refractivity contribution in [2.45, 2.75) is 13.0 Å². The molecule has 2 rings (SSSR count).